The Kier molecular flexibility index (Phi) is 9.20. The van der Waals surface area contributed by atoms with Crippen LogP contribution in [0.5, 0.6) is 17.2 Å². The van der Waals surface area contributed by atoms with E-state index in [-0.39, 0.29) is 17.9 Å². The van der Waals surface area contributed by atoms with Crippen molar-refractivity contribution in [3.8, 4) is 17.2 Å². The van der Waals surface area contributed by atoms with Gasteiger partial charge in [-0.15, -0.1) is 0 Å². The van der Waals surface area contributed by atoms with E-state index in [9.17, 15) is 14.7 Å². The minimum Gasteiger partial charge on any atom is -0.507 e. The number of rotatable bonds is 12. The molecule has 0 saturated carbocycles. The number of pyridine rings is 1. The first-order chi connectivity index (χ1) is 19.0. The number of unbranched alkanes of at least 4 members (excludes halogenated alkanes) is 2. The van der Waals surface area contributed by atoms with Crippen LogP contribution in [0.15, 0.2) is 72.6 Å². The maximum atomic E-state index is 13.4. The highest BCUT2D eigenvalue weighted by Gasteiger charge is 2.46. The summed E-state index contributed by atoms with van der Waals surface area (Å²) in [6.07, 6.45) is 6.35. The van der Waals surface area contributed by atoms with Gasteiger partial charge in [0.05, 0.1) is 31.9 Å². The monoisotopic (exact) mass is 530 g/mol. The van der Waals surface area contributed by atoms with Crippen molar-refractivity contribution in [2.45, 2.75) is 45.7 Å². The smallest absolute Gasteiger partial charge is 0.295 e. The van der Waals surface area contributed by atoms with Crippen LogP contribution in [0.4, 0.5) is 0 Å². The molecule has 1 aliphatic heterocycles. The Hall–Kier alpha value is -4.33. The lowest BCUT2D eigenvalue weighted by atomic mass is 9.94. The van der Waals surface area contributed by atoms with Crippen LogP contribution in [-0.2, 0) is 16.1 Å². The van der Waals surface area contributed by atoms with E-state index in [1.54, 1.807) is 68.0 Å². The van der Waals surface area contributed by atoms with E-state index in [1.165, 1.54) is 4.90 Å². The number of hydrogen-bond donors (Lipinski definition) is 1. The predicted molar refractivity (Wildman–Crippen MR) is 148 cm³/mol. The molecule has 2 aromatic carbocycles. The Labute approximate surface area is 228 Å². The zero-order valence-corrected chi connectivity index (χ0v) is 22.6. The number of nitrogens with zero attached hydrogens (tertiary/aromatic N) is 2. The summed E-state index contributed by atoms with van der Waals surface area (Å²) < 4.78 is 17.1. The zero-order valence-electron chi connectivity index (χ0n) is 22.6. The summed E-state index contributed by atoms with van der Waals surface area (Å²) in [5.41, 5.74) is 1.85. The second-order valence-corrected chi connectivity index (χ2v) is 9.21. The molecule has 0 aliphatic carbocycles. The summed E-state index contributed by atoms with van der Waals surface area (Å²) in [6, 6.07) is 14.8. The SMILES string of the molecule is CCCCCOc1ccc(C2/C(=C(\O)c3ccc(OC)cc3)C(=O)C(=O)N2Cc2ccncc2)cc1OCC. The maximum absolute atomic E-state index is 13.4. The highest BCUT2D eigenvalue weighted by molar-refractivity contribution is 6.46. The molecule has 39 heavy (non-hydrogen) atoms. The number of ether oxygens (including phenoxy) is 3. The van der Waals surface area contributed by atoms with Gasteiger partial charge in [0.1, 0.15) is 11.5 Å². The molecule has 2 heterocycles. The van der Waals surface area contributed by atoms with Crippen LogP contribution in [-0.4, -0.2) is 47.0 Å². The van der Waals surface area contributed by atoms with Crippen LogP contribution in [0.25, 0.3) is 5.76 Å². The van der Waals surface area contributed by atoms with Crippen molar-refractivity contribution in [2.75, 3.05) is 20.3 Å². The van der Waals surface area contributed by atoms with Crippen LogP contribution >= 0.6 is 0 Å². The van der Waals surface area contributed by atoms with Crippen LogP contribution in [0.2, 0.25) is 0 Å². The summed E-state index contributed by atoms with van der Waals surface area (Å²) in [7, 11) is 1.55. The second-order valence-electron chi connectivity index (χ2n) is 9.21. The molecule has 1 atom stereocenters. The lowest BCUT2D eigenvalue weighted by molar-refractivity contribution is -0.140. The number of carbonyl (C=O) groups excluding carboxylic acids is 2. The second kappa shape index (κ2) is 13.0. The molecule has 1 unspecified atom stereocenters. The third-order valence-electron chi connectivity index (χ3n) is 6.59. The van der Waals surface area contributed by atoms with E-state index < -0.39 is 17.7 Å². The van der Waals surface area contributed by atoms with Crippen molar-refractivity contribution < 1.29 is 28.9 Å². The fourth-order valence-electron chi connectivity index (χ4n) is 4.60. The average Bonchev–Trinajstić information content (AvgIpc) is 3.21. The number of carbonyl (C=O) groups is 2. The van der Waals surface area contributed by atoms with E-state index in [1.807, 2.05) is 13.0 Å². The average molecular weight is 531 g/mol. The largest absolute Gasteiger partial charge is 0.507 e. The molecule has 0 spiro atoms. The first-order valence-corrected chi connectivity index (χ1v) is 13.2. The molecule has 204 valence electrons. The Morgan fingerprint density at radius 2 is 1.69 bits per heavy atom. The summed E-state index contributed by atoms with van der Waals surface area (Å²) in [5.74, 6) is 0.0292. The molecule has 1 N–H and O–H groups in total. The summed E-state index contributed by atoms with van der Waals surface area (Å²) in [6.45, 7) is 5.15. The number of methoxy groups -OCH3 is 1. The third kappa shape index (κ3) is 6.22. The lowest BCUT2D eigenvalue weighted by Gasteiger charge is -2.26. The van der Waals surface area contributed by atoms with Crippen molar-refractivity contribution in [3.05, 3.63) is 89.3 Å². The fourth-order valence-corrected chi connectivity index (χ4v) is 4.60. The van der Waals surface area contributed by atoms with Crippen molar-refractivity contribution in [1.82, 2.24) is 9.88 Å². The molecule has 1 fully saturated rings. The molecule has 1 aromatic heterocycles. The normalized spacial score (nSPS) is 16.4. The Morgan fingerprint density at radius 1 is 0.949 bits per heavy atom. The van der Waals surface area contributed by atoms with Gasteiger partial charge >= 0.3 is 0 Å². The summed E-state index contributed by atoms with van der Waals surface area (Å²) in [4.78, 5) is 32.3. The number of benzene rings is 2. The first-order valence-electron chi connectivity index (χ1n) is 13.2. The minimum absolute atomic E-state index is 0.0123. The van der Waals surface area contributed by atoms with Crippen molar-refractivity contribution >= 4 is 17.4 Å². The van der Waals surface area contributed by atoms with Gasteiger partial charge in [-0.05, 0) is 73.0 Å². The Balaban J connectivity index is 1.80. The maximum Gasteiger partial charge on any atom is 0.295 e. The van der Waals surface area contributed by atoms with Gasteiger partial charge in [0.25, 0.3) is 11.7 Å². The number of Topliss-reactive ketones (excluding diaryl/α,β-unsaturated/α-hetero) is 1. The van der Waals surface area contributed by atoms with E-state index in [2.05, 4.69) is 11.9 Å². The zero-order chi connectivity index (χ0) is 27.8. The minimum atomic E-state index is -0.839. The molecule has 1 amide bonds. The van der Waals surface area contributed by atoms with Gasteiger partial charge in [-0.25, -0.2) is 0 Å². The highest BCUT2D eigenvalue weighted by atomic mass is 16.5. The fraction of sp³-hybridized carbons (Fsp3) is 0.323. The molecular formula is C31H34N2O6. The summed E-state index contributed by atoms with van der Waals surface area (Å²) >= 11 is 0. The van der Waals surface area contributed by atoms with Gasteiger partial charge in [0, 0.05) is 24.5 Å². The van der Waals surface area contributed by atoms with Crippen molar-refractivity contribution in [1.29, 1.82) is 0 Å². The van der Waals surface area contributed by atoms with Crippen LogP contribution < -0.4 is 14.2 Å². The number of aliphatic hydroxyl groups excluding tert-OH is 1. The van der Waals surface area contributed by atoms with Gasteiger partial charge in [0.2, 0.25) is 0 Å². The molecular weight excluding hydrogens is 496 g/mol. The van der Waals surface area contributed by atoms with Gasteiger partial charge < -0.3 is 24.2 Å². The Morgan fingerprint density at radius 3 is 2.36 bits per heavy atom. The molecule has 3 aromatic rings. The van der Waals surface area contributed by atoms with Crippen molar-refractivity contribution in [2.24, 2.45) is 0 Å². The molecule has 8 nitrogen and oxygen atoms in total. The summed E-state index contributed by atoms with van der Waals surface area (Å²) in [5, 5.41) is 11.4. The van der Waals surface area contributed by atoms with Gasteiger partial charge in [-0.1, -0.05) is 25.8 Å². The quantitative estimate of drug-likeness (QED) is 0.139. The van der Waals surface area contributed by atoms with Gasteiger partial charge in [-0.3, -0.25) is 14.6 Å². The highest BCUT2D eigenvalue weighted by Crippen LogP contribution is 2.43. The van der Waals surface area contributed by atoms with Crippen LogP contribution in [0.1, 0.15) is 55.8 Å². The molecule has 4 rings (SSSR count). The molecule has 1 saturated heterocycles. The van der Waals surface area contributed by atoms with E-state index in [0.717, 1.165) is 24.8 Å². The van der Waals surface area contributed by atoms with E-state index in [0.29, 0.717) is 41.6 Å². The van der Waals surface area contributed by atoms with Gasteiger partial charge in [-0.2, -0.15) is 0 Å². The number of aliphatic hydroxyl groups is 1. The predicted octanol–water partition coefficient (Wildman–Crippen LogP) is 5.68. The standard InChI is InChI=1S/C31H34N2O6/c1-4-6-7-18-39-25-13-10-23(19-26(25)38-5-2)28-27(29(34)22-8-11-24(37-3)12-9-22)30(35)31(36)33(28)20-21-14-16-32-17-15-21/h8-17,19,28,34H,4-7,18,20H2,1-3H3/b29-27+. The molecule has 0 radical (unpaired) electrons. The number of hydrogen-bond acceptors (Lipinski definition) is 7. The lowest BCUT2D eigenvalue weighted by Crippen LogP contribution is -2.29. The topological polar surface area (TPSA) is 98.2 Å². The Bertz CT molecular complexity index is 1320. The molecule has 0 bridgehead atoms. The molecule has 1 aliphatic rings. The van der Waals surface area contributed by atoms with Crippen LogP contribution in [0, 0.1) is 0 Å². The number of amides is 1. The van der Waals surface area contributed by atoms with Crippen molar-refractivity contribution in [3.63, 3.8) is 0 Å². The number of likely N-dealkylation sites (tertiary alicyclic amines) is 1. The van der Waals surface area contributed by atoms with E-state index in [4.69, 9.17) is 14.2 Å². The van der Waals surface area contributed by atoms with Gasteiger partial charge in [0.15, 0.2) is 11.5 Å². The number of aromatic nitrogens is 1. The molecule has 8 heteroatoms. The number of ketones is 1. The van der Waals surface area contributed by atoms with E-state index >= 15 is 0 Å². The first kappa shape index (κ1) is 27.7. The third-order valence-corrected chi connectivity index (χ3v) is 6.59. The van der Waals surface area contributed by atoms with Crippen LogP contribution in [0.3, 0.4) is 0 Å².